The fraction of sp³-hybridized carbons (Fsp3) is 0.276. The van der Waals surface area contributed by atoms with E-state index in [4.69, 9.17) is 0 Å². The highest BCUT2D eigenvalue weighted by Crippen LogP contribution is 2.35. The van der Waals surface area contributed by atoms with E-state index in [0.717, 1.165) is 17.7 Å². The van der Waals surface area contributed by atoms with E-state index in [1.807, 2.05) is 30.4 Å². The Morgan fingerprint density at radius 3 is 2.74 bits per heavy atom. The maximum Gasteiger partial charge on any atom is 0.573 e. The van der Waals surface area contributed by atoms with Gasteiger partial charge in [-0.05, 0) is 54.3 Å². The molecular weight excluding hydrogens is 569 g/mol. The summed E-state index contributed by atoms with van der Waals surface area (Å²) in [6.07, 6.45) is 3.43. The normalized spacial score (nSPS) is 18.1. The Balaban J connectivity index is 1.24. The number of allylic oxidation sites excluding steroid dienone is 4. The number of aliphatic imine (C=N–C) groups is 1. The lowest BCUT2D eigenvalue weighted by Gasteiger charge is -2.30. The van der Waals surface area contributed by atoms with Crippen molar-refractivity contribution in [2.75, 3.05) is 5.75 Å². The van der Waals surface area contributed by atoms with Crippen molar-refractivity contribution >= 4 is 28.9 Å². The molecule has 0 saturated carbocycles. The van der Waals surface area contributed by atoms with Gasteiger partial charge in [0.15, 0.2) is 11.0 Å². The molecule has 0 radical (unpaired) electrons. The molecule has 1 fully saturated rings. The summed E-state index contributed by atoms with van der Waals surface area (Å²) < 4.78 is 42.6. The molecule has 3 aromatic rings. The van der Waals surface area contributed by atoms with E-state index < -0.39 is 12.4 Å². The zero-order valence-corrected chi connectivity index (χ0v) is 23.5. The maximum atomic E-state index is 12.8. The van der Waals surface area contributed by atoms with Gasteiger partial charge in [0.1, 0.15) is 12.1 Å². The van der Waals surface area contributed by atoms with Crippen molar-refractivity contribution in [1.82, 2.24) is 25.0 Å². The second kappa shape index (κ2) is 12.2. The minimum atomic E-state index is -4.77. The molecular formula is C29H27F3N6O3S. The van der Waals surface area contributed by atoms with Crippen molar-refractivity contribution < 1.29 is 27.5 Å². The molecule has 0 bridgehead atoms. The molecule has 0 spiro atoms. The first-order valence-corrected chi connectivity index (χ1v) is 14.1. The van der Waals surface area contributed by atoms with E-state index in [-0.39, 0.29) is 29.9 Å². The Morgan fingerprint density at radius 1 is 1.21 bits per heavy atom. The zero-order chi connectivity index (χ0) is 29.9. The summed E-state index contributed by atoms with van der Waals surface area (Å²) in [7, 11) is 0. The minimum Gasteiger partial charge on any atom is -0.406 e. The van der Waals surface area contributed by atoms with Gasteiger partial charge < -0.3 is 10.1 Å². The van der Waals surface area contributed by atoms with Crippen LogP contribution in [0.5, 0.6) is 5.75 Å². The lowest BCUT2D eigenvalue weighted by molar-refractivity contribution is -0.274. The van der Waals surface area contributed by atoms with Crippen LogP contribution < -0.4 is 10.1 Å². The smallest absolute Gasteiger partial charge is 0.406 e. The lowest BCUT2D eigenvalue weighted by Crippen LogP contribution is -2.35. The number of amides is 3. The number of ether oxygens (including phenoxy) is 1. The van der Waals surface area contributed by atoms with Crippen molar-refractivity contribution in [3.05, 3.63) is 84.3 Å². The van der Waals surface area contributed by atoms with Gasteiger partial charge in [0.05, 0.1) is 11.4 Å². The minimum absolute atomic E-state index is 0.0935. The van der Waals surface area contributed by atoms with Gasteiger partial charge in [-0.3, -0.25) is 9.69 Å². The van der Waals surface area contributed by atoms with Gasteiger partial charge in [-0.2, -0.15) is 4.99 Å². The zero-order valence-electron chi connectivity index (χ0n) is 22.7. The number of rotatable bonds is 7. The summed E-state index contributed by atoms with van der Waals surface area (Å²) in [5.41, 5.74) is 2.82. The first-order valence-electron chi connectivity index (χ1n) is 13.1. The average molecular weight is 597 g/mol. The Morgan fingerprint density at radius 2 is 2.00 bits per heavy atom. The number of aromatic nitrogens is 3. The Hall–Kier alpha value is -4.39. The van der Waals surface area contributed by atoms with Gasteiger partial charge in [-0.25, -0.2) is 14.5 Å². The quantitative estimate of drug-likeness (QED) is 0.354. The van der Waals surface area contributed by atoms with E-state index in [1.54, 1.807) is 11.0 Å². The topological polar surface area (TPSA) is 102 Å². The van der Waals surface area contributed by atoms with Crippen LogP contribution in [0.1, 0.15) is 25.8 Å². The molecule has 1 atom stereocenters. The molecule has 1 aromatic heterocycles. The predicted octanol–water partition coefficient (Wildman–Crippen LogP) is 6.09. The number of halogens is 3. The number of hydrogen-bond donors (Lipinski definition) is 1. The molecule has 1 N–H and O–H groups in total. The van der Waals surface area contributed by atoms with Crippen LogP contribution in [0.2, 0.25) is 0 Å². The number of nitrogens with zero attached hydrogens (tertiary/aromatic N) is 5. The second-order valence-electron chi connectivity index (χ2n) is 9.93. The number of benzene rings is 2. The Kier molecular flexibility index (Phi) is 8.48. The Labute approximate surface area is 244 Å². The van der Waals surface area contributed by atoms with Crippen LogP contribution in [0.25, 0.3) is 17.1 Å². The molecule has 2 aliphatic rings. The third-order valence-electron chi connectivity index (χ3n) is 6.65. The van der Waals surface area contributed by atoms with Gasteiger partial charge in [0.25, 0.3) is 0 Å². The average Bonchev–Trinajstić information content (AvgIpc) is 3.59. The molecule has 5 rings (SSSR count). The fourth-order valence-corrected chi connectivity index (χ4v) is 5.50. The number of alkyl halides is 3. The number of urea groups is 1. The van der Waals surface area contributed by atoms with Gasteiger partial charge in [0, 0.05) is 23.7 Å². The third kappa shape index (κ3) is 6.90. The van der Waals surface area contributed by atoms with E-state index in [1.165, 1.54) is 47.0 Å². The van der Waals surface area contributed by atoms with Crippen LogP contribution in [0.4, 0.5) is 18.0 Å². The van der Waals surface area contributed by atoms with Gasteiger partial charge in [0.2, 0.25) is 5.91 Å². The highest BCUT2D eigenvalue weighted by Gasteiger charge is 2.36. The molecule has 13 heteroatoms. The van der Waals surface area contributed by atoms with Crippen LogP contribution in [-0.4, -0.2) is 48.9 Å². The van der Waals surface area contributed by atoms with Gasteiger partial charge in [-0.15, -0.1) is 18.3 Å². The van der Waals surface area contributed by atoms with E-state index in [9.17, 15) is 22.8 Å². The van der Waals surface area contributed by atoms with Crippen LogP contribution >= 0.6 is 11.8 Å². The number of hydrogen-bond acceptors (Lipinski definition) is 6. The molecule has 2 heterocycles. The highest BCUT2D eigenvalue weighted by molar-refractivity contribution is 8.15. The van der Waals surface area contributed by atoms with Crippen LogP contribution in [0.3, 0.4) is 0 Å². The number of amidine groups is 1. The molecule has 9 nitrogen and oxygen atoms in total. The lowest BCUT2D eigenvalue weighted by atomic mass is 9.86. The first kappa shape index (κ1) is 29.1. The number of thioether (sulfide) groups is 1. The fourth-order valence-electron chi connectivity index (χ4n) is 4.63. The summed E-state index contributed by atoms with van der Waals surface area (Å²) in [4.78, 5) is 35.5. The monoisotopic (exact) mass is 596 g/mol. The standard InChI is InChI=1S/C29H27F3N6O3S/c1-18(2)23-8-3-4-9-24(23)38-25(39)16-42-28(38)35-27(40)33-15-19-6-5-7-20(14-19)26-34-17-37(36-26)21-10-12-22(13-11-21)41-29(30,31)32/h3-7,9-14,17-18,23H,8,15-16H2,1-2H3,(H,33,40). The van der Waals surface area contributed by atoms with Gasteiger partial charge >= 0.3 is 12.4 Å². The molecule has 1 aliphatic heterocycles. The van der Waals surface area contributed by atoms with Crippen molar-refractivity contribution in [2.24, 2.45) is 16.8 Å². The highest BCUT2D eigenvalue weighted by atomic mass is 32.2. The summed E-state index contributed by atoms with van der Waals surface area (Å²) in [5, 5.41) is 7.57. The summed E-state index contributed by atoms with van der Waals surface area (Å²) in [5.74, 6) is 0.676. The summed E-state index contributed by atoms with van der Waals surface area (Å²) in [6, 6.07) is 12.0. The molecule has 1 aliphatic carbocycles. The largest absolute Gasteiger partial charge is 0.573 e. The SMILES string of the molecule is CC(C)C1CC=CC=C1N1C(=O)CSC1=NC(=O)NCc1cccc(-c2ncn(-c3ccc(OC(F)(F)F)cc3)n2)c1. The summed E-state index contributed by atoms with van der Waals surface area (Å²) in [6.45, 7) is 4.40. The number of carbonyl (C=O) groups is 2. The molecule has 42 heavy (non-hydrogen) atoms. The molecule has 2 aromatic carbocycles. The van der Waals surface area contributed by atoms with Crippen molar-refractivity contribution in [3.63, 3.8) is 0 Å². The van der Waals surface area contributed by atoms with Crippen LogP contribution in [0, 0.1) is 11.8 Å². The molecule has 1 unspecified atom stereocenters. The van der Waals surface area contributed by atoms with Crippen molar-refractivity contribution in [2.45, 2.75) is 33.2 Å². The third-order valence-corrected chi connectivity index (χ3v) is 7.58. The number of carbonyl (C=O) groups excluding carboxylic acids is 2. The predicted molar refractivity (Wildman–Crippen MR) is 153 cm³/mol. The summed E-state index contributed by atoms with van der Waals surface area (Å²) >= 11 is 1.24. The Bertz CT molecular complexity index is 1560. The van der Waals surface area contributed by atoms with E-state index in [0.29, 0.717) is 28.2 Å². The van der Waals surface area contributed by atoms with Crippen molar-refractivity contribution in [3.8, 4) is 22.8 Å². The van der Waals surface area contributed by atoms with Crippen molar-refractivity contribution in [1.29, 1.82) is 0 Å². The number of nitrogens with one attached hydrogen (secondary N) is 1. The molecule has 1 saturated heterocycles. The van der Waals surface area contributed by atoms with E-state index >= 15 is 0 Å². The van der Waals surface area contributed by atoms with Gasteiger partial charge in [-0.1, -0.05) is 56.0 Å². The van der Waals surface area contributed by atoms with Crippen LogP contribution in [0.15, 0.2) is 83.8 Å². The second-order valence-corrected chi connectivity index (χ2v) is 10.9. The maximum absolute atomic E-state index is 12.8. The van der Waals surface area contributed by atoms with Crippen LogP contribution in [-0.2, 0) is 11.3 Å². The first-order chi connectivity index (χ1) is 20.1. The van der Waals surface area contributed by atoms with E-state index in [2.05, 4.69) is 45.1 Å². The molecule has 3 amide bonds. The molecule has 218 valence electrons.